The van der Waals surface area contributed by atoms with Crippen LogP contribution in [0.3, 0.4) is 0 Å². The fourth-order valence-corrected chi connectivity index (χ4v) is 5.45. The molecule has 0 aliphatic heterocycles. The Morgan fingerprint density at radius 3 is 2.55 bits per heavy atom. The van der Waals surface area contributed by atoms with Crippen LogP contribution in [0.2, 0.25) is 0 Å². The Morgan fingerprint density at radius 1 is 0.950 bits per heavy atom. The van der Waals surface area contributed by atoms with Crippen LogP contribution >= 0.6 is 0 Å². The minimum atomic E-state index is -0.420. The Morgan fingerprint density at radius 2 is 1.73 bits per heavy atom. The molecule has 1 aliphatic carbocycles. The van der Waals surface area contributed by atoms with E-state index in [1.807, 2.05) is 54.6 Å². The minimum absolute atomic E-state index is 0.0137. The molecule has 1 heterocycles. The molecule has 40 heavy (non-hydrogen) atoms. The van der Waals surface area contributed by atoms with Crippen molar-refractivity contribution >= 4 is 33.6 Å². The Hall–Kier alpha value is -4.85. The lowest BCUT2D eigenvalue weighted by Crippen LogP contribution is -2.25. The van der Waals surface area contributed by atoms with E-state index in [2.05, 4.69) is 0 Å². The van der Waals surface area contributed by atoms with Crippen LogP contribution < -0.4 is 10.3 Å². The zero-order valence-corrected chi connectivity index (χ0v) is 21.9. The van der Waals surface area contributed by atoms with E-state index < -0.39 is 4.92 Å². The maximum atomic E-state index is 13.7. The van der Waals surface area contributed by atoms with Gasteiger partial charge in [0.15, 0.2) is 0 Å². The first kappa shape index (κ1) is 25.4. The Bertz CT molecular complexity index is 1800. The number of rotatable bonds is 7. The summed E-state index contributed by atoms with van der Waals surface area (Å²) in [5.74, 6) is 1.43. The zero-order chi connectivity index (χ0) is 27.5. The third-order valence-corrected chi connectivity index (χ3v) is 7.50. The smallest absolute Gasteiger partial charge is 0.282 e. The van der Waals surface area contributed by atoms with Crippen molar-refractivity contribution in [1.82, 2.24) is 9.66 Å². The van der Waals surface area contributed by atoms with Gasteiger partial charge in [-0.15, -0.1) is 0 Å². The third kappa shape index (κ3) is 5.08. The van der Waals surface area contributed by atoms with Gasteiger partial charge >= 0.3 is 0 Å². The summed E-state index contributed by atoms with van der Waals surface area (Å²) in [6.45, 7) is 0.145. The number of nitro groups is 1. The van der Waals surface area contributed by atoms with Crippen LogP contribution in [0, 0.1) is 10.1 Å². The zero-order valence-electron chi connectivity index (χ0n) is 21.9. The largest absolute Gasteiger partial charge is 0.488 e. The van der Waals surface area contributed by atoms with Crippen molar-refractivity contribution in [2.45, 2.75) is 44.6 Å². The Balaban J connectivity index is 1.43. The normalized spacial score (nSPS) is 14.2. The second-order valence-corrected chi connectivity index (χ2v) is 10.1. The molecule has 0 spiro atoms. The van der Waals surface area contributed by atoms with Gasteiger partial charge in [-0.1, -0.05) is 73.9 Å². The first-order valence-corrected chi connectivity index (χ1v) is 13.5. The molecule has 1 aliphatic rings. The van der Waals surface area contributed by atoms with Gasteiger partial charge in [0.2, 0.25) is 0 Å². The number of hydrogen-bond acceptors (Lipinski definition) is 6. The fraction of sp³-hybridized carbons (Fsp3) is 0.219. The summed E-state index contributed by atoms with van der Waals surface area (Å²) in [4.78, 5) is 29.4. The molecule has 0 unspecified atom stereocenters. The average molecular weight is 533 g/mol. The number of nitrogens with zero attached hydrogens (tertiary/aromatic N) is 4. The second-order valence-electron chi connectivity index (χ2n) is 10.1. The molecule has 8 nitrogen and oxygen atoms in total. The van der Waals surface area contributed by atoms with Crippen LogP contribution in [0.15, 0.2) is 94.8 Å². The second kappa shape index (κ2) is 11.1. The predicted molar refractivity (Wildman–Crippen MR) is 156 cm³/mol. The molecule has 0 N–H and O–H groups in total. The highest BCUT2D eigenvalue weighted by molar-refractivity contribution is 6.02. The van der Waals surface area contributed by atoms with Crippen LogP contribution in [0.1, 0.15) is 55.0 Å². The van der Waals surface area contributed by atoms with Gasteiger partial charge in [-0.05, 0) is 47.4 Å². The standard InChI is InChI=1S/C32H28N4O4/c37-32-27-15-6-7-16-29(27)34-31(24-11-2-1-3-12-24)35(32)33-20-28-26-14-5-4-10-23(26)17-18-30(28)40-21-22-9-8-13-25(19-22)36(38)39/h4-10,13-20,24H,1-3,11-12,21H2. The van der Waals surface area contributed by atoms with Crippen molar-refractivity contribution in [3.63, 3.8) is 0 Å². The number of hydrogen-bond donors (Lipinski definition) is 0. The molecule has 0 saturated heterocycles. The number of non-ortho nitro benzene ring substituents is 1. The van der Waals surface area contributed by atoms with Gasteiger partial charge in [-0.3, -0.25) is 14.9 Å². The Labute approximate surface area is 230 Å². The molecular formula is C32H28N4O4. The first-order chi connectivity index (χ1) is 19.6. The molecular weight excluding hydrogens is 504 g/mol. The van der Waals surface area contributed by atoms with E-state index in [4.69, 9.17) is 14.8 Å². The number of nitro benzene ring substituents is 1. The molecule has 1 aromatic heterocycles. The van der Waals surface area contributed by atoms with Gasteiger partial charge < -0.3 is 4.74 Å². The van der Waals surface area contributed by atoms with Crippen molar-refractivity contribution in [3.8, 4) is 5.75 Å². The fourth-order valence-electron chi connectivity index (χ4n) is 5.45. The van der Waals surface area contributed by atoms with E-state index in [9.17, 15) is 14.9 Å². The summed E-state index contributed by atoms with van der Waals surface area (Å²) in [6, 6.07) is 25.5. The van der Waals surface area contributed by atoms with Crippen molar-refractivity contribution in [3.05, 3.63) is 122 Å². The van der Waals surface area contributed by atoms with Crippen molar-refractivity contribution in [2.75, 3.05) is 0 Å². The minimum Gasteiger partial charge on any atom is -0.488 e. The summed E-state index contributed by atoms with van der Waals surface area (Å²) in [5, 5.41) is 18.4. The summed E-state index contributed by atoms with van der Waals surface area (Å²) >= 11 is 0. The summed E-state index contributed by atoms with van der Waals surface area (Å²) < 4.78 is 7.65. The van der Waals surface area contributed by atoms with E-state index in [1.165, 1.54) is 23.2 Å². The predicted octanol–water partition coefficient (Wildman–Crippen LogP) is 6.97. The van der Waals surface area contributed by atoms with Crippen LogP contribution in [-0.4, -0.2) is 20.8 Å². The molecule has 200 valence electrons. The number of aromatic nitrogens is 2. The number of benzene rings is 4. The van der Waals surface area contributed by atoms with E-state index in [0.29, 0.717) is 28.0 Å². The molecule has 0 radical (unpaired) electrons. The Kier molecular flexibility index (Phi) is 7.06. The molecule has 4 aromatic carbocycles. The van der Waals surface area contributed by atoms with Crippen molar-refractivity contribution < 1.29 is 9.66 Å². The van der Waals surface area contributed by atoms with Crippen LogP contribution in [0.5, 0.6) is 5.75 Å². The van der Waals surface area contributed by atoms with Gasteiger partial charge in [0.25, 0.3) is 11.2 Å². The maximum Gasteiger partial charge on any atom is 0.282 e. The summed E-state index contributed by atoms with van der Waals surface area (Å²) in [7, 11) is 0. The molecule has 1 saturated carbocycles. The van der Waals surface area contributed by atoms with Gasteiger partial charge in [-0.25, -0.2) is 4.98 Å². The monoisotopic (exact) mass is 532 g/mol. The highest BCUT2D eigenvalue weighted by atomic mass is 16.6. The third-order valence-electron chi connectivity index (χ3n) is 7.50. The highest BCUT2D eigenvalue weighted by Gasteiger charge is 2.22. The van der Waals surface area contributed by atoms with Crippen LogP contribution in [-0.2, 0) is 6.61 Å². The molecule has 1 fully saturated rings. The summed E-state index contributed by atoms with van der Waals surface area (Å²) in [5.41, 5.74) is 1.91. The quantitative estimate of drug-likeness (QED) is 0.128. The SMILES string of the molecule is O=c1c2ccccc2nc(C2CCCCC2)n1N=Cc1c(OCc2cccc([N+](=O)[O-])c2)ccc2ccccc12. The van der Waals surface area contributed by atoms with Crippen molar-refractivity contribution in [2.24, 2.45) is 5.10 Å². The lowest BCUT2D eigenvalue weighted by Gasteiger charge is -2.22. The highest BCUT2D eigenvalue weighted by Crippen LogP contribution is 2.32. The number of ether oxygens (including phenoxy) is 1. The van der Waals surface area contributed by atoms with Gasteiger partial charge in [-0.2, -0.15) is 9.78 Å². The molecule has 0 amide bonds. The van der Waals surface area contributed by atoms with Crippen LogP contribution in [0.25, 0.3) is 21.7 Å². The van der Waals surface area contributed by atoms with Gasteiger partial charge in [0.05, 0.1) is 22.0 Å². The topological polar surface area (TPSA) is 99.6 Å². The van der Waals surface area contributed by atoms with E-state index in [0.717, 1.165) is 42.0 Å². The van der Waals surface area contributed by atoms with Gasteiger partial charge in [0.1, 0.15) is 18.2 Å². The maximum absolute atomic E-state index is 13.7. The van der Waals surface area contributed by atoms with E-state index in [-0.39, 0.29) is 23.8 Å². The van der Waals surface area contributed by atoms with Crippen LogP contribution in [0.4, 0.5) is 5.69 Å². The first-order valence-electron chi connectivity index (χ1n) is 13.5. The number of fused-ring (bicyclic) bond motifs is 2. The average Bonchev–Trinajstić information content (AvgIpc) is 3.00. The lowest BCUT2D eigenvalue weighted by molar-refractivity contribution is -0.384. The summed E-state index contributed by atoms with van der Waals surface area (Å²) in [6.07, 6.45) is 7.04. The molecule has 0 bridgehead atoms. The number of para-hydroxylation sites is 1. The van der Waals surface area contributed by atoms with Crippen molar-refractivity contribution in [1.29, 1.82) is 0 Å². The lowest BCUT2D eigenvalue weighted by atomic mass is 9.88. The molecule has 5 aromatic rings. The van der Waals surface area contributed by atoms with E-state index >= 15 is 0 Å². The van der Waals surface area contributed by atoms with E-state index in [1.54, 1.807) is 24.4 Å². The molecule has 6 rings (SSSR count). The molecule has 8 heteroatoms. The molecule has 0 atom stereocenters. The van der Waals surface area contributed by atoms with Gasteiger partial charge in [0, 0.05) is 23.6 Å².